The standard InChI is InChI=1S/C28H25ClN8O4S/c1-3-22(38)30-10-5-11-31-26(39)16-8-9-20(41-2)19(12-16)37-21(36-18-7-4-6-17(29)23(18)28(37)40)13-42-27-24-25(33-14-32-24)34-15-35-27/h3-4,6-9,12,14-15H,1,5,10-11,13H2,2H3,(H,30,38)(H,31,39)(H,32,33,34,35). The molecule has 2 amide bonds. The summed E-state index contributed by atoms with van der Waals surface area (Å²) < 4.78 is 7.01. The highest BCUT2D eigenvalue weighted by Gasteiger charge is 2.20. The Balaban J connectivity index is 1.52. The van der Waals surface area contributed by atoms with E-state index in [4.69, 9.17) is 21.3 Å². The number of fused-ring (bicyclic) bond motifs is 2. The van der Waals surface area contributed by atoms with Crippen molar-refractivity contribution in [2.75, 3.05) is 20.2 Å². The summed E-state index contributed by atoms with van der Waals surface area (Å²) in [4.78, 5) is 58.9. The zero-order valence-corrected chi connectivity index (χ0v) is 24.0. The number of aromatic amines is 1. The van der Waals surface area contributed by atoms with Gasteiger partial charge in [0.1, 0.15) is 28.4 Å². The lowest BCUT2D eigenvalue weighted by Gasteiger charge is -2.17. The van der Waals surface area contributed by atoms with Crippen LogP contribution in [0.4, 0.5) is 0 Å². The summed E-state index contributed by atoms with van der Waals surface area (Å²) in [5, 5.41) is 6.61. The fourth-order valence-corrected chi connectivity index (χ4v) is 5.37. The van der Waals surface area contributed by atoms with Crippen molar-refractivity contribution in [3.05, 3.63) is 88.5 Å². The summed E-state index contributed by atoms with van der Waals surface area (Å²) in [6.45, 7) is 4.12. The summed E-state index contributed by atoms with van der Waals surface area (Å²) in [5.41, 5.74) is 1.84. The molecular weight excluding hydrogens is 580 g/mol. The number of aromatic nitrogens is 6. The molecule has 0 aliphatic rings. The normalized spacial score (nSPS) is 11.0. The van der Waals surface area contributed by atoms with Crippen LogP contribution in [0.1, 0.15) is 22.6 Å². The molecule has 0 aliphatic heterocycles. The molecule has 0 atom stereocenters. The van der Waals surface area contributed by atoms with Crippen LogP contribution in [0.25, 0.3) is 27.8 Å². The van der Waals surface area contributed by atoms with E-state index < -0.39 is 5.56 Å². The Morgan fingerprint density at radius 1 is 1.17 bits per heavy atom. The molecule has 12 nitrogen and oxygen atoms in total. The van der Waals surface area contributed by atoms with Gasteiger partial charge in [0.15, 0.2) is 5.65 Å². The van der Waals surface area contributed by atoms with Gasteiger partial charge in [-0.1, -0.05) is 36.0 Å². The third-order valence-corrected chi connectivity index (χ3v) is 7.55. The minimum atomic E-state index is -0.413. The van der Waals surface area contributed by atoms with Gasteiger partial charge in [0.2, 0.25) is 5.91 Å². The molecule has 3 heterocycles. The van der Waals surface area contributed by atoms with E-state index in [0.29, 0.717) is 64.0 Å². The highest BCUT2D eigenvalue weighted by Crippen LogP contribution is 2.30. The second kappa shape index (κ2) is 12.8. The number of carbonyl (C=O) groups is 2. The molecule has 0 saturated carbocycles. The molecule has 0 aliphatic carbocycles. The third kappa shape index (κ3) is 5.97. The number of hydrogen-bond acceptors (Lipinski definition) is 9. The highest BCUT2D eigenvalue weighted by molar-refractivity contribution is 7.98. The van der Waals surface area contributed by atoms with Gasteiger partial charge < -0.3 is 20.4 Å². The van der Waals surface area contributed by atoms with Gasteiger partial charge in [-0.05, 0) is 42.8 Å². The molecule has 3 N–H and O–H groups in total. The number of ether oxygens (including phenoxy) is 1. The Hall–Kier alpha value is -4.75. The zero-order valence-electron chi connectivity index (χ0n) is 22.4. The molecule has 214 valence electrons. The first kappa shape index (κ1) is 28.8. The molecule has 2 aromatic carbocycles. The number of amides is 2. The maximum atomic E-state index is 14.0. The van der Waals surface area contributed by atoms with E-state index in [-0.39, 0.29) is 28.0 Å². The van der Waals surface area contributed by atoms with Crippen molar-refractivity contribution in [2.45, 2.75) is 17.2 Å². The van der Waals surface area contributed by atoms with Gasteiger partial charge in [0.25, 0.3) is 11.5 Å². The Kier molecular flexibility index (Phi) is 8.79. The SMILES string of the molecule is C=CC(=O)NCCCNC(=O)c1ccc(OC)c(-n2c(CSc3ncnc4nc[nH]c34)nc3cccc(Cl)c3c2=O)c1. The molecule has 0 radical (unpaired) electrons. The van der Waals surface area contributed by atoms with Crippen molar-refractivity contribution in [2.24, 2.45) is 0 Å². The number of thioether (sulfide) groups is 1. The van der Waals surface area contributed by atoms with Crippen molar-refractivity contribution < 1.29 is 14.3 Å². The maximum absolute atomic E-state index is 14.0. The monoisotopic (exact) mass is 604 g/mol. The molecule has 14 heteroatoms. The van der Waals surface area contributed by atoms with Gasteiger partial charge in [-0.2, -0.15) is 0 Å². The van der Waals surface area contributed by atoms with E-state index in [0.717, 1.165) is 0 Å². The number of nitrogens with zero attached hydrogens (tertiary/aromatic N) is 5. The molecule has 5 aromatic rings. The number of nitrogens with one attached hydrogen (secondary N) is 3. The van der Waals surface area contributed by atoms with Crippen LogP contribution in [0, 0.1) is 0 Å². The molecule has 0 spiro atoms. The number of H-pyrrole nitrogens is 1. The van der Waals surface area contributed by atoms with Crippen molar-refractivity contribution in [3.8, 4) is 11.4 Å². The van der Waals surface area contributed by atoms with Crippen LogP contribution in [-0.4, -0.2) is 61.5 Å². The van der Waals surface area contributed by atoms with Crippen molar-refractivity contribution >= 4 is 57.2 Å². The van der Waals surface area contributed by atoms with Crippen LogP contribution in [0.5, 0.6) is 5.75 Å². The number of benzene rings is 2. The molecule has 0 fully saturated rings. The van der Waals surface area contributed by atoms with Crippen molar-refractivity contribution in [1.29, 1.82) is 0 Å². The minimum absolute atomic E-state index is 0.235. The topological polar surface area (TPSA) is 157 Å². The van der Waals surface area contributed by atoms with Crippen molar-refractivity contribution in [1.82, 2.24) is 40.1 Å². The Labute approximate surface area is 248 Å². The second-order valence-corrected chi connectivity index (χ2v) is 10.2. The zero-order chi connectivity index (χ0) is 29.6. The van der Waals surface area contributed by atoms with E-state index in [1.807, 2.05) is 0 Å². The predicted molar refractivity (Wildman–Crippen MR) is 160 cm³/mol. The van der Waals surface area contributed by atoms with Crippen LogP contribution < -0.4 is 20.9 Å². The molecule has 0 bridgehead atoms. The lowest BCUT2D eigenvalue weighted by molar-refractivity contribution is -0.116. The Morgan fingerprint density at radius 2 is 2.00 bits per heavy atom. The van der Waals surface area contributed by atoms with Gasteiger partial charge in [-0.3, -0.25) is 19.0 Å². The fourth-order valence-electron chi connectivity index (χ4n) is 4.25. The van der Waals surface area contributed by atoms with Gasteiger partial charge in [0.05, 0.1) is 40.8 Å². The Morgan fingerprint density at radius 3 is 2.81 bits per heavy atom. The smallest absolute Gasteiger partial charge is 0.267 e. The van der Waals surface area contributed by atoms with Gasteiger partial charge in [-0.25, -0.2) is 19.9 Å². The van der Waals surface area contributed by atoms with Crippen LogP contribution in [0.3, 0.4) is 0 Å². The lowest BCUT2D eigenvalue weighted by atomic mass is 10.1. The quantitative estimate of drug-likeness (QED) is 0.0889. The first-order valence-electron chi connectivity index (χ1n) is 12.7. The largest absolute Gasteiger partial charge is 0.495 e. The van der Waals surface area contributed by atoms with Crippen LogP contribution in [0.15, 0.2) is 71.5 Å². The fraction of sp³-hybridized carbons (Fsp3) is 0.179. The van der Waals surface area contributed by atoms with E-state index in [1.165, 1.54) is 42.2 Å². The minimum Gasteiger partial charge on any atom is -0.495 e. The number of hydrogen-bond donors (Lipinski definition) is 3. The number of imidazole rings is 1. The summed E-state index contributed by atoms with van der Waals surface area (Å²) in [7, 11) is 1.48. The van der Waals surface area contributed by atoms with E-state index in [2.05, 4.69) is 37.1 Å². The maximum Gasteiger partial charge on any atom is 0.267 e. The number of carbonyl (C=O) groups excluding carboxylic acids is 2. The van der Waals surface area contributed by atoms with Gasteiger partial charge in [-0.15, -0.1) is 0 Å². The Bertz CT molecular complexity index is 1870. The molecule has 0 saturated heterocycles. The highest BCUT2D eigenvalue weighted by atomic mass is 35.5. The summed E-state index contributed by atoms with van der Waals surface area (Å²) in [5.74, 6) is 0.350. The molecular formula is C28H25ClN8O4S. The lowest BCUT2D eigenvalue weighted by Crippen LogP contribution is -2.29. The molecule has 3 aromatic heterocycles. The predicted octanol–water partition coefficient (Wildman–Crippen LogP) is 3.43. The van der Waals surface area contributed by atoms with Gasteiger partial charge >= 0.3 is 0 Å². The second-order valence-electron chi connectivity index (χ2n) is 8.86. The summed E-state index contributed by atoms with van der Waals surface area (Å²) >= 11 is 7.80. The summed E-state index contributed by atoms with van der Waals surface area (Å²) in [6.07, 6.45) is 4.67. The number of rotatable bonds is 11. The summed E-state index contributed by atoms with van der Waals surface area (Å²) in [6, 6.07) is 9.87. The first-order chi connectivity index (χ1) is 20.4. The van der Waals surface area contributed by atoms with Crippen LogP contribution >= 0.6 is 23.4 Å². The average molecular weight is 605 g/mol. The third-order valence-electron chi connectivity index (χ3n) is 6.25. The number of methoxy groups -OCH3 is 1. The molecule has 42 heavy (non-hydrogen) atoms. The van der Waals surface area contributed by atoms with Crippen LogP contribution in [-0.2, 0) is 10.5 Å². The van der Waals surface area contributed by atoms with Gasteiger partial charge in [0, 0.05) is 18.7 Å². The molecule has 5 rings (SSSR count). The van der Waals surface area contributed by atoms with E-state index in [1.54, 1.807) is 36.4 Å². The van der Waals surface area contributed by atoms with E-state index >= 15 is 0 Å². The first-order valence-corrected chi connectivity index (χ1v) is 14.1. The van der Waals surface area contributed by atoms with E-state index in [9.17, 15) is 14.4 Å². The average Bonchev–Trinajstić information content (AvgIpc) is 3.49. The van der Waals surface area contributed by atoms with Crippen LogP contribution in [0.2, 0.25) is 5.02 Å². The number of halogens is 1. The van der Waals surface area contributed by atoms with Crippen molar-refractivity contribution in [3.63, 3.8) is 0 Å². The molecule has 0 unspecified atom stereocenters.